The topological polar surface area (TPSA) is 96.4 Å². The number of hydrogen-bond acceptors (Lipinski definition) is 6. The smallest absolute Gasteiger partial charge is 0.312 e. The zero-order chi connectivity index (χ0) is 27.9. The van der Waals surface area contributed by atoms with E-state index in [1.807, 2.05) is 51.1 Å². The molecule has 1 spiro atoms. The maximum Gasteiger partial charge on any atom is 0.312 e. The summed E-state index contributed by atoms with van der Waals surface area (Å²) in [7, 11) is 0. The van der Waals surface area contributed by atoms with Crippen LogP contribution in [0.2, 0.25) is 5.02 Å². The van der Waals surface area contributed by atoms with Crippen LogP contribution in [0.25, 0.3) is 0 Å². The van der Waals surface area contributed by atoms with Crippen LogP contribution in [0, 0.1) is 24.7 Å². The Balaban J connectivity index is 1.68. The van der Waals surface area contributed by atoms with Crippen LogP contribution >= 0.6 is 11.6 Å². The van der Waals surface area contributed by atoms with Crippen molar-refractivity contribution in [2.75, 3.05) is 24.7 Å². The molecule has 8 nitrogen and oxygen atoms in total. The third kappa shape index (κ3) is 4.50. The number of likely N-dealkylation sites (tertiary alicyclic amines) is 1. The second-order valence-electron chi connectivity index (χ2n) is 11.1. The Labute approximate surface area is 234 Å². The molecular formula is C30H37ClN2O6. The molecule has 9 heteroatoms. The lowest BCUT2D eigenvalue weighted by molar-refractivity contribution is -0.155. The molecule has 0 bridgehead atoms. The quantitative estimate of drug-likeness (QED) is 0.437. The summed E-state index contributed by atoms with van der Waals surface area (Å²) in [5.41, 5.74) is -0.00512. The van der Waals surface area contributed by atoms with Crippen LogP contribution < -0.4 is 4.90 Å². The van der Waals surface area contributed by atoms with Gasteiger partial charge in [0, 0.05) is 6.54 Å². The highest BCUT2D eigenvalue weighted by Gasteiger charge is 2.72. The summed E-state index contributed by atoms with van der Waals surface area (Å²) in [6.45, 7) is 6.00. The van der Waals surface area contributed by atoms with Gasteiger partial charge >= 0.3 is 5.97 Å². The average Bonchev–Trinajstić information content (AvgIpc) is 3.30. The van der Waals surface area contributed by atoms with Gasteiger partial charge in [0.05, 0.1) is 42.0 Å². The lowest BCUT2D eigenvalue weighted by Gasteiger charge is -2.40. The fourth-order valence-electron chi connectivity index (χ4n) is 6.69. The van der Waals surface area contributed by atoms with E-state index in [0.717, 1.165) is 24.8 Å². The maximum atomic E-state index is 14.6. The predicted octanol–water partition coefficient (Wildman–Crippen LogP) is 3.82. The van der Waals surface area contributed by atoms with Crippen LogP contribution in [0.5, 0.6) is 0 Å². The van der Waals surface area contributed by atoms with Crippen molar-refractivity contribution >= 4 is 35.1 Å². The molecular weight excluding hydrogens is 520 g/mol. The number of cyclic esters (lactones) is 1. The van der Waals surface area contributed by atoms with Crippen molar-refractivity contribution in [3.63, 3.8) is 0 Å². The van der Waals surface area contributed by atoms with E-state index in [2.05, 4.69) is 0 Å². The minimum atomic E-state index is -1.40. The van der Waals surface area contributed by atoms with Crippen molar-refractivity contribution < 1.29 is 29.0 Å². The van der Waals surface area contributed by atoms with Crippen molar-refractivity contribution in [3.05, 3.63) is 53.1 Å². The Kier molecular flexibility index (Phi) is 7.91. The molecule has 210 valence electrons. The summed E-state index contributed by atoms with van der Waals surface area (Å²) in [4.78, 5) is 45.6. The normalized spacial score (nSPS) is 33.1. The number of rotatable bonds is 5. The highest BCUT2D eigenvalue weighted by atomic mass is 35.5. The van der Waals surface area contributed by atoms with E-state index >= 15 is 0 Å². The summed E-state index contributed by atoms with van der Waals surface area (Å²) < 4.78 is 12.3. The summed E-state index contributed by atoms with van der Waals surface area (Å²) in [6, 6.07) is 3.72. The molecule has 2 amide bonds. The molecule has 7 atom stereocenters. The van der Waals surface area contributed by atoms with Crippen LogP contribution in [0.3, 0.4) is 0 Å². The van der Waals surface area contributed by atoms with E-state index in [1.165, 1.54) is 4.90 Å². The minimum Gasteiger partial charge on any atom is -0.465 e. The van der Waals surface area contributed by atoms with Gasteiger partial charge in [-0.25, -0.2) is 0 Å². The number of nitrogens with zero attached hydrogens (tertiary/aromatic N) is 2. The first-order chi connectivity index (χ1) is 18.8. The van der Waals surface area contributed by atoms with Crippen molar-refractivity contribution in [2.24, 2.45) is 17.8 Å². The molecule has 1 aromatic rings. The van der Waals surface area contributed by atoms with Crippen LogP contribution in [-0.4, -0.2) is 71.3 Å². The molecule has 0 radical (unpaired) electrons. The van der Waals surface area contributed by atoms with Gasteiger partial charge in [-0.1, -0.05) is 68.3 Å². The molecule has 2 saturated heterocycles. The molecule has 2 fully saturated rings. The lowest BCUT2D eigenvalue weighted by atomic mass is 9.78. The van der Waals surface area contributed by atoms with Crippen LogP contribution in [0.4, 0.5) is 5.69 Å². The summed E-state index contributed by atoms with van der Waals surface area (Å²) in [5, 5.41) is 10.9. The number of esters is 1. The molecule has 1 unspecified atom stereocenters. The van der Waals surface area contributed by atoms with Gasteiger partial charge in [0.2, 0.25) is 5.91 Å². The summed E-state index contributed by atoms with van der Waals surface area (Å²) in [5.74, 6) is -3.18. The Morgan fingerprint density at radius 2 is 1.97 bits per heavy atom. The molecule has 1 N–H and O–H groups in total. The van der Waals surface area contributed by atoms with Crippen LogP contribution in [-0.2, 0) is 23.9 Å². The zero-order valence-electron chi connectivity index (χ0n) is 22.7. The molecule has 5 rings (SSSR count). The number of hydrogen-bond donors (Lipinski definition) is 1. The van der Waals surface area contributed by atoms with Gasteiger partial charge < -0.3 is 24.4 Å². The Morgan fingerprint density at radius 3 is 2.69 bits per heavy atom. The van der Waals surface area contributed by atoms with E-state index in [1.54, 1.807) is 17.0 Å². The SMILES string of the molecule is CC[C@H](C)[C@H](CO)N1C(=O)[C@@H]2[C@H]3C(=O)OCCCC/C=C\[C@H]3O[C@@]23C=CCN(c2c(C)cccc2Cl)C(=O)C13. The van der Waals surface area contributed by atoms with Gasteiger partial charge in [0.1, 0.15) is 17.6 Å². The van der Waals surface area contributed by atoms with Crippen molar-refractivity contribution in [2.45, 2.75) is 70.2 Å². The van der Waals surface area contributed by atoms with E-state index in [0.29, 0.717) is 17.1 Å². The van der Waals surface area contributed by atoms with E-state index in [-0.39, 0.29) is 37.5 Å². The third-order valence-corrected chi connectivity index (χ3v) is 9.15. The number of anilines is 1. The minimum absolute atomic E-state index is 0.1000. The molecule has 4 heterocycles. The molecule has 0 aliphatic carbocycles. The number of allylic oxidation sites excluding steroid dienone is 1. The van der Waals surface area contributed by atoms with Gasteiger partial charge in [-0.2, -0.15) is 0 Å². The first-order valence-electron chi connectivity index (χ1n) is 13.9. The van der Waals surface area contributed by atoms with Gasteiger partial charge in [-0.05, 0) is 43.7 Å². The second kappa shape index (κ2) is 11.1. The average molecular weight is 557 g/mol. The Hall–Kier alpha value is -2.68. The van der Waals surface area contributed by atoms with Crippen molar-refractivity contribution in [3.8, 4) is 0 Å². The van der Waals surface area contributed by atoms with Crippen molar-refractivity contribution in [1.29, 1.82) is 0 Å². The number of halogens is 1. The number of amides is 2. The lowest BCUT2D eigenvalue weighted by Crippen LogP contribution is -2.59. The van der Waals surface area contributed by atoms with E-state index in [9.17, 15) is 19.5 Å². The number of ether oxygens (including phenoxy) is 2. The number of benzene rings is 1. The fraction of sp³-hybridized carbons (Fsp3) is 0.567. The van der Waals surface area contributed by atoms with E-state index in [4.69, 9.17) is 21.1 Å². The number of aliphatic hydroxyl groups excluding tert-OH is 1. The second-order valence-corrected chi connectivity index (χ2v) is 11.5. The first-order valence-corrected chi connectivity index (χ1v) is 14.3. The number of carbonyl (C=O) groups excluding carboxylic acids is 3. The van der Waals surface area contributed by atoms with Crippen molar-refractivity contribution in [1.82, 2.24) is 4.90 Å². The maximum absolute atomic E-state index is 14.6. The third-order valence-electron chi connectivity index (χ3n) is 8.84. The first kappa shape index (κ1) is 27.9. The Bertz CT molecular complexity index is 1180. The molecule has 39 heavy (non-hydrogen) atoms. The molecule has 4 aliphatic heterocycles. The monoisotopic (exact) mass is 556 g/mol. The van der Waals surface area contributed by atoms with Gasteiger partial charge in [-0.3, -0.25) is 14.4 Å². The highest BCUT2D eigenvalue weighted by molar-refractivity contribution is 6.34. The number of carbonyl (C=O) groups is 3. The number of aryl methyl sites for hydroxylation is 1. The molecule has 1 aromatic carbocycles. The Morgan fingerprint density at radius 1 is 1.18 bits per heavy atom. The number of aliphatic hydroxyl groups is 1. The van der Waals surface area contributed by atoms with Crippen LogP contribution in [0.15, 0.2) is 42.5 Å². The van der Waals surface area contributed by atoms with Crippen LogP contribution in [0.1, 0.15) is 45.1 Å². The number of para-hydroxylation sites is 1. The summed E-state index contributed by atoms with van der Waals surface area (Å²) in [6.07, 6.45) is 9.85. The largest absolute Gasteiger partial charge is 0.465 e. The van der Waals surface area contributed by atoms with Gasteiger partial charge in [0.15, 0.2) is 0 Å². The fourth-order valence-corrected chi connectivity index (χ4v) is 7.02. The van der Waals surface area contributed by atoms with Gasteiger partial charge in [0.25, 0.3) is 5.91 Å². The standard InChI is InChI=1S/C30H37ClN2O6/c1-4-18(2)21(17-34)33-26-28(36)32(25-19(3)11-9-12-20(25)31)15-10-14-30(26)24(27(33)35)23-22(39-30)13-7-5-6-8-16-38-29(23)37/h7,9-14,18,21-24,26,34H,4-6,8,15-17H2,1-3H3/b13-7-/t18-,21-,22+,23-,24-,26?,30-/m0/s1. The summed E-state index contributed by atoms with van der Waals surface area (Å²) >= 11 is 6.61. The predicted molar refractivity (Wildman–Crippen MR) is 147 cm³/mol. The molecule has 0 aromatic heterocycles. The number of fused-ring (bicyclic) bond motifs is 2. The molecule has 0 saturated carbocycles. The van der Waals surface area contributed by atoms with Gasteiger partial charge in [-0.15, -0.1) is 0 Å². The molecule has 4 aliphatic rings. The van der Waals surface area contributed by atoms with E-state index < -0.39 is 41.6 Å². The highest BCUT2D eigenvalue weighted by Crippen LogP contribution is 2.54. The zero-order valence-corrected chi connectivity index (χ0v) is 23.5.